The van der Waals surface area contributed by atoms with Gasteiger partial charge in [-0.2, -0.15) is 0 Å². The maximum absolute atomic E-state index is 13.5. The minimum Gasteiger partial charge on any atom is -0.388 e. The van der Waals surface area contributed by atoms with Crippen molar-refractivity contribution in [3.8, 4) is 5.69 Å². The second-order valence-electron chi connectivity index (χ2n) is 10.6. The number of carbonyl (C=O) groups is 1. The van der Waals surface area contributed by atoms with Gasteiger partial charge in [-0.15, -0.1) is 0 Å². The normalized spacial score (nSPS) is 16.9. The van der Waals surface area contributed by atoms with Gasteiger partial charge in [-0.25, -0.2) is 4.98 Å². The van der Waals surface area contributed by atoms with E-state index in [4.69, 9.17) is 16.6 Å². The molecule has 3 aromatic heterocycles. The van der Waals surface area contributed by atoms with Crippen LogP contribution in [-0.2, 0) is 6.42 Å². The molecule has 1 aliphatic heterocycles. The number of aliphatic hydroxyl groups excluding tert-OH is 1. The Kier molecular flexibility index (Phi) is 6.41. The molecular weight excluding hydrogens is 534 g/mol. The number of amides is 1. The molecule has 0 radical (unpaired) electrons. The molecule has 4 heterocycles. The highest BCUT2D eigenvalue weighted by molar-refractivity contribution is 6.30. The summed E-state index contributed by atoms with van der Waals surface area (Å²) in [6, 6.07) is 19.4. The van der Waals surface area contributed by atoms with Crippen molar-refractivity contribution < 1.29 is 9.90 Å². The Balaban J connectivity index is 1.16. The molecule has 5 aromatic rings. The standard InChI is InChI=1S/C33H28ClN5O2/c1-20-37-28-19-35-14-10-29(28)39(20)25-7-4-22(5-8-25)33(41)38-15-11-21(12-16-38)31-26-9-6-24(34)18-27(26)30(40)17-23-3-2-13-36-32(23)31/h2-10,13-14,18-19,30,40H,11-12,15-17H2,1H3. The number of halogens is 1. The Morgan fingerprint density at radius 2 is 1.83 bits per heavy atom. The van der Waals surface area contributed by atoms with Crippen molar-refractivity contribution in [2.75, 3.05) is 13.1 Å². The molecule has 41 heavy (non-hydrogen) atoms. The molecule has 7 nitrogen and oxygen atoms in total. The number of rotatable bonds is 2. The summed E-state index contributed by atoms with van der Waals surface area (Å²) in [7, 11) is 0. The lowest BCUT2D eigenvalue weighted by atomic mass is 9.88. The van der Waals surface area contributed by atoms with Gasteiger partial charge in [0, 0.05) is 53.8 Å². The third kappa shape index (κ3) is 4.51. The molecule has 8 heteroatoms. The second-order valence-corrected chi connectivity index (χ2v) is 11.1. The average Bonchev–Trinajstić information content (AvgIpc) is 3.28. The Hall–Kier alpha value is -4.33. The highest BCUT2D eigenvalue weighted by atomic mass is 35.5. The monoisotopic (exact) mass is 561 g/mol. The Morgan fingerprint density at radius 1 is 1.02 bits per heavy atom. The SMILES string of the molecule is Cc1nc2cnccc2n1-c1ccc(C(=O)N2CCC(=C3c4ccc(Cl)cc4C(O)Cc4cccnc43)CC2)cc1. The summed E-state index contributed by atoms with van der Waals surface area (Å²) in [6.45, 7) is 3.20. The molecule has 1 saturated heterocycles. The Labute approximate surface area is 242 Å². The van der Waals surface area contributed by atoms with E-state index in [2.05, 4.69) is 14.5 Å². The number of nitrogens with zero attached hydrogens (tertiary/aromatic N) is 5. The van der Waals surface area contributed by atoms with E-state index >= 15 is 0 Å². The van der Waals surface area contributed by atoms with Crippen molar-refractivity contribution in [1.29, 1.82) is 0 Å². The number of hydrogen-bond acceptors (Lipinski definition) is 5. The van der Waals surface area contributed by atoms with Gasteiger partial charge < -0.3 is 10.0 Å². The maximum atomic E-state index is 13.5. The van der Waals surface area contributed by atoms with Gasteiger partial charge in [-0.05, 0) is 85.0 Å². The minimum atomic E-state index is -0.657. The molecule has 1 aliphatic carbocycles. The molecule has 1 N–H and O–H groups in total. The fourth-order valence-electron chi connectivity index (χ4n) is 6.21. The summed E-state index contributed by atoms with van der Waals surface area (Å²) < 4.78 is 2.07. The van der Waals surface area contributed by atoms with Crippen molar-refractivity contribution >= 4 is 34.1 Å². The zero-order chi connectivity index (χ0) is 28.1. The topological polar surface area (TPSA) is 84.1 Å². The number of hydrogen-bond donors (Lipinski definition) is 1. The van der Waals surface area contributed by atoms with Crippen LogP contribution >= 0.6 is 11.6 Å². The first kappa shape index (κ1) is 25.6. The van der Waals surface area contributed by atoms with Gasteiger partial charge in [-0.3, -0.25) is 19.3 Å². The van der Waals surface area contributed by atoms with Crippen LogP contribution in [0.5, 0.6) is 0 Å². The number of imidazole rings is 1. The zero-order valence-corrected chi connectivity index (χ0v) is 23.3. The summed E-state index contributed by atoms with van der Waals surface area (Å²) in [5, 5.41) is 11.6. The number of likely N-dealkylation sites (tertiary alicyclic amines) is 1. The number of pyridine rings is 2. The lowest BCUT2D eigenvalue weighted by Crippen LogP contribution is -2.36. The average molecular weight is 562 g/mol. The van der Waals surface area contributed by atoms with Crippen LogP contribution in [0.3, 0.4) is 0 Å². The van der Waals surface area contributed by atoms with Crippen LogP contribution in [0.1, 0.15) is 57.5 Å². The summed E-state index contributed by atoms with van der Waals surface area (Å²) in [5.74, 6) is 0.897. The smallest absolute Gasteiger partial charge is 0.253 e. The molecular formula is C33H28ClN5O2. The molecule has 0 spiro atoms. The van der Waals surface area contributed by atoms with Gasteiger partial charge >= 0.3 is 0 Å². The number of aryl methyl sites for hydroxylation is 1. The first-order chi connectivity index (χ1) is 20.0. The van der Waals surface area contributed by atoms with Crippen LogP contribution < -0.4 is 0 Å². The molecule has 204 valence electrons. The van der Waals surface area contributed by atoms with Gasteiger partial charge in [-0.1, -0.05) is 29.3 Å². The van der Waals surface area contributed by atoms with Crippen LogP contribution in [0.2, 0.25) is 5.02 Å². The maximum Gasteiger partial charge on any atom is 0.253 e. The summed E-state index contributed by atoms with van der Waals surface area (Å²) in [4.78, 5) is 29.0. The van der Waals surface area contributed by atoms with Crippen molar-refractivity contribution in [3.05, 3.63) is 124 Å². The van der Waals surface area contributed by atoms with Gasteiger partial charge in [0.1, 0.15) is 11.3 Å². The highest BCUT2D eigenvalue weighted by Crippen LogP contribution is 2.41. The van der Waals surface area contributed by atoms with Crippen molar-refractivity contribution in [3.63, 3.8) is 0 Å². The summed E-state index contributed by atoms with van der Waals surface area (Å²) in [5.41, 5.74) is 9.50. The molecule has 2 aliphatic rings. The lowest BCUT2D eigenvalue weighted by Gasteiger charge is -2.30. The second kappa shape index (κ2) is 10.3. The van der Waals surface area contributed by atoms with Crippen LogP contribution in [0.4, 0.5) is 0 Å². The fourth-order valence-corrected chi connectivity index (χ4v) is 6.39. The fraction of sp³-hybridized carbons (Fsp3) is 0.212. The third-order valence-electron chi connectivity index (χ3n) is 8.19. The van der Waals surface area contributed by atoms with E-state index in [-0.39, 0.29) is 5.91 Å². The lowest BCUT2D eigenvalue weighted by molar-refractivity contribution is 0.0744. The van der Waals surface area contributed by atoms with Crippen LogP contribution in [0.15, 0.2) is 84.8 Å². The van der Waals surface area contributed by atoms with Crippen molar-refractivity contribution in [2.24, 2.45) is 0 Å². The van der Waals surface area contributed by atoms with Gasteiger partial charge in [0.2, 0.25) is 0 Å². The molecule has 7 rings (SSSR count). The molecule has 1 unspecified atom stereocenters. The first-order valence-corrected chi connectivity index (χ1v) is 14.2. The third-order valence-corrected chi connectivity index (χ3v) is 8.42. The van der Waals surface area contributed by atoms with Crippen molar-refractivity contribution in [2.45, 2.75) is 32.3 Å². The minimum absolute atomic E-state index is 0.0269. The quantitative estimate of drug-likeness (QED) is 0.281. The number of aromatic nitrogens is 4. The predicted octanol–water partition coefficient (Wildman–Crippen LogP) is 6.10. The molecule has 0 saturated carbocycles. The van der Waals surface area contributed by atoms with Crippen LogP contribution in [-0.4, -0.2) is 48.5 Å². The van der Waals surface area contributed by atoms with Gasteiger partial charge in [0.05, 0.1) is 23.5 Å². The molecule has 1 atom stereocenters. The van der Waals surface area contributed by atoms with E-state index in [9.17, 15) is 9.90 Å². The van der Waals surface area contributed by atoms with Gasteiger partial charge in [0.25, 0.3) is 5.91 Å². The number of piperidine rings is 1. The highest BCUT2D eigenvalue weighted by Gasteiger charge is 2.29. The molecule has 2 aromatic carbocycles. The van der Waals surface area contributed by atoms with Gasteiger partial charge in [0.15, 0.2) is 0 Å². The Morgan fingerprint density at radius 3 is 2.63 bits per heavy atom. The predicted molar refractivity (Wildman–Crippen MR) is 159 cm³/mol. The van der Waals surface area contributed by atoms with E-state index in [0.717, 1.165) is 63.3 Å². The molecule has 0 bridgehead atoms. The number of benzene rings is 2. The first-order valence-electron chi connectivity index (χ1n) is 13.8. The largest absolute Gasteiger partial charge is 0.388 e. The number of carbonyl (C=O) groups excluding carboxylic acids is 1. The van der Waals surface area contributed by atoms with E-state index < -0.39 is 6.10 Å². The van der Waals surface area contributed by atoms with Crippen LogP contribution in [0.25, 0.3) is 22.3 Å². The van der Waals surface area contributed by atoms with E-state index in [1.807, 2.05) is 72.5 Å². The van der Waals surface area contributed by atoms with Crippen molar-refractivity contribution in [1.82, 2.24) is 24.4 Å². The van der Waals surface area contributed by atoms with E-state index in [0.29, 0.717) is 30.1 Å². The number of fused-ring (bicyclic) bond motifs is 3. The van der Waals surface area contributed by atoms with E-state index in [1.54, 1.807) is 18.6 Å². The zero-order valence-electron chi connectivity index (χ0n) is 22.6. The number of aliphatic hydroxyl groups is 1. The Bertz CT molecular complexity index is 1830. The summed E-state index contributed by atoms with van der Waals surface area (Å²) >= 11 is 6.33. The van der Waals surface area contributed by atoms with E-state index in [1.165, 1.54) is 5.57 Å². The molecule has 1 fully saturated rings. The summed E-state index contributed by atoms with van der Waals surface area (Å²) in [6.07, 6.45) is 6.63. The molecule has 1 amide bonds. The van der Waals surface area contributed by atoms with Crippen LogP contribution in [0, 0.1) is 6.92 Å².